The second kappa shape index (κ2) is 44.8. The van der Waals surface area contributed by atoms with Crippen LogP contribution in [-0.4, -0.2) is 81.0 Å². The highest BCUT2D eigenvalue weighted by molar-refractivity contribution is 5.72. The number of likely N-dealkylation sites (tertiary alicyclic amines) is 1. The van der Waals surface area contributed by atoms with Crippen molar-refractivity contribution in [1.29, 1.82) is 0 Å². The number of esters is 3. The van der Waals surface area contributed by atoms with Crippen LogP contribution in [-0.2, 0) is 33.3 Å². The van der Waals surface area contributed by atoms with Crippen molar-refractivity contribution < 1.29 is 38.1 Å². The summed E-state index contributed by atoms with van der Waals surface area (Å²) in [7, 11) is 0. The van der Waals surface area contributed by atoms with E-state index in [0.29, 0.717) is 19.4 Å². The molecule has 0 bridgehead atoms. The van der Waals surface area contributed by atoms with E-state index in [2.05, 4.69) is 31.0 Å². The Bertz CT molecular complexity index is 1050. The van der Waals surface area contributed by atoms with Gasteiger partial charge in [0.2, 0.25) is 0 Å². The zero-order valence-corrected chi connectivity index (χ0v) is 41.5. The number of rotatable bonds is 44. The Hall–Kier alpha value is -2.36. The van der Waals surface area contributed by atoms with Crippen molar-refractivity contribution in [3.05, 3.63) is 0 Å². The molecule has 1 atom stereocenters. The first kappa shape index (κ1) is 58.7. The van der Waals surface area contributed by atoms with Crippen LogP contribution >= 0.6 is 0 Å². The predicted octanol–water partition coefficient (Wildman–Crippen LogP) is 14.1. The van der Waals surface area contributed by atoms with Crippen LogP contribution in [0.2, 0.25) is 0 Å². The molecule has 0 aromatic heterocycles. The summed E-state index contributed by atoms with van der Waals surface area (Å²) in [5.74, 6) is -1.47. The van der Waals surface area contributed by atoms with Gasteiger partial charge in [-0.3, -0.25) is 14.4 Å². The van der Waals surface area contributed by atoms with Gasteiger partial charge in [0.25, 0.3) is 0 Å². The van der Waals surface area contributed by atoms with E-state index in [9.17, 15) is 19.2 Å². The topological polar surface area (TPSA) is 120 Å². The number of nitrogens with zero attached hydrogens (tertiary/aromatic N) is 1. The van der Waals surface area contributed by atoms with E-state index in [0.717, 1.165) is 64.6 Å². The summed E-state index contributed by atoms with van der Waals surface area (Å²) in [6.07, 6.45) is 40.5. The van der Waals surface area contributed by atoms with E-state index in [1.165, 1.54) is 167 Å². The molecule has 1 aliphatic rings. The molecule has 1 fully saturated rings. The Morgan fingerprint density at radius 2 is 0.825 bits per heavy atom. The van der Waals surface area contributed by atoms with E-state index in [1.807, 2.05) is 0 Å². The maximum Gasteiger partial charge on any atom is 0.407 e. The van der Waals surface area contributed by atoms with Crippen molar-refractivity contribution in [3.8, 4) is 0 Å². The zero-order valence-electron chi connectivity index (χ0n) is 41.5. The highest BCUT2D eigenvalue weighted by atomic mass is 16.6. The molecular formula is C53H100N2O8. The summed E-state index contributed by atoms with van der Waals surface area (Å²) in [6.45, 7) is 10.0. The van der Waals surface area contributed by atoms with Crippen LogP contribution in [0.5, 0.6) is 0 Å². The average molecular weight is 893 g/mol. The number of hydrogen-bond donors (Lipinski definition) is 1. The van der Waals surface area contributed by atoms with Gasteiger partial charge in [0.15, 0.2) is 0 Å². The highest BCUT2D eigenvalue weighted by Crippen LogP contribution is 2.19. The molecule has 0 aromatic rings. The maximum atomic E-state index is 12.9. The van der Waals surface area contributed by atoms with Crippen LogP contribution in [0, 0.1) is 5.92 Å². The molecule has 10 heteroatoms. The monoisotopic (exact) mass is 893 g/mol. The van der Waals surface area contributed by atoms with Crippen molar-refractivity contribution in [2.24, 2.45) is 5.92 Å². The number of hydrogen-bond acceptors (Lipinski definition) is 9. The van der Waals surface area contributed by atoms with Crippen molar-refractivity contribution in [3.63, 3.8) is 0 Å². The first-order valence-electron chi connectivity index (χ1n) is 27.0. The number of amides is 1. The average Bonchev–Trinajstić information content (AvgIpc) is 3.56. The van der Waals surface area contributed by atoms with Crippen molar-refractivity contribution in [1.82, 2.24) is 10.2 Å². The highest BCUT2D eigenvalue weighted by Gasteiger charge is 2.20. The van der Waals surface area contributed by atoms with Gasteiger partial charge in [-0.05, 0) is 64.5 Å². The molecule has 63 heavy (non-hydrogen) atoms. The lowest BCUT2D eigenvalue weighted by molar-refractivity contribution is -0.150. The second-order valence-corrected chi connectivity index (χ2v) is 18.8. The minimum absolute atomic E-state index is 0.00314. The van der Waals surface area contributed by atoms with Gasteiger partial charge in [-0.1, -0.05) is 188 Å². The normalized spacial score (nSPS) is 13.7. The zero-order chi connectivity index (χ0) is 45.7. The number of nitrogens with one attached hydrogen (secondary N) is 1. The molecule has 1 saturated heterocycles. The fourth-order valence-electron chi connectivity index (χ4n) is 8.46. The number of ether oxygens (including phenoxy) is 4. The Morgan fingerprint density at radius 3 is 1.29 bits per heavy atom. The lowest BCUT2D eigenvalue weighted by atomic mass is 10.0. The van der Waals surface area contributed by atoms with E-state index in [4.69, 9.17) is 18.9 Å². The molecule has 0 aromatic carbocycles. The van der Waals surface area contributed by atoms with E-state index in [1.54, 1.807) is 0 Å². The van der Waals surface area contributed by atoms with Crippen LogP contribution in [0.3, 0.4) is 0 Å². The van der Waals surface area contributed by atoms with Crippen LogP contribution in [0.1, 0.15) is 258 Å². The Morgan fingerprint density at radius 1 is 0.444 bits per heavy atom. The fourth-order valence-corrected chi connectivity index (χ4v) is 8.46. The van der Waals surface area contributed by atoms with Crippen LogP contribution in [0.25, 0.3) is 0 Å². The SMILES string of the molecule is CCCCCCCCCCCCCCCCCC(=O)OCC(COC(=O)CCCC(=O)OC(CCCCCCCC)CCCCCCCC)COC(=O)NCCN1CCCCCC1. The third-order valence-corrected chi connectivity index (χ3v) is 12.6. The number of carbonyl (C=O) groups is 4. The number of alkyl carbamates (subject to hydrolysis) is 1. The summed E-state index contributed by atoms with van der Waals surface area (Å²) < 4.78 is 22.6. The largest absolute Gasteiger partial charge is 0.465 e. The molecule has 1 aliphatic heterocycles. The molecule has 0 spiro atoms. The lowest BCUT2D eigenvalue weighted by Gasteiger charge is -2.20. The molecule has 0 saturated carbocycles. The van der Waals surface area contributed by atoms with Gasteiger partial charge in [0.05, 0.1) is 5.92 Å². The van der Waals surface area contributed by atoms with Gasteiger partial charge in [-0.15, -0.1) is 0 Å². The number of carbonyl (C=O) groups excluding carboxylic acids is 4. The van der Waals surface area contributed by atoms with E-state index < -0.39 is 18.0 Å². The van der Waals surface area contributed by atoms with Gasteiger partial charge in [-0.2, -0.15) is 0 Å². The van der Waals surface area contributed by atoms with E-state index >= 15 is 0 Å². The fraction of sp³-hybridized carbons (Fsp3) is 0.925. The molecular weight excluding hydrogens is 793 g/mol. The number of unbranched alkanes of at least 4 members (excludes halogenated alkanes) is 24. The van der Waals surface area contributed by atoms with Crippen LogP contribution in [0.15, 0.2) is 0 Å². The van der Waals surface area contributed by atoms with E-state index in [-0.39, 0.29) is 50.7 Å². The second-order valence-electron chi connectivity index (χ2n) is 18.8. The molecule has 1 unspecified atom stereocenters. The smallest absolute Gasteiger partial charge is 0.407 e. The molecule has 10 nitrogen and oxygen atoms in total. The van der Waals surface area contributed by atoms with Gasteiger partial charge >= 0.3 is 24.0 Å². The predicted molar refractivity (Wildman–Crippen MR) is 259 cm³/mol. The maximum absolute atomic E-state index is 12.9. The summed E-state index contributed by atoms with van der Waals surface area (Å²) >= 11 is 0. The Labute approximate surface area is 387 Å². The van der Waals surface area contributed by atoms with Crippen molar-refractivity contribution >= 4 is 24.0 Å². The molecule has 1 amide bonds. The third kappa shape index (κ3) is 39.7. The molecule has 1 heterocycles. The molecule has 0 radical (unpaired) electrons. The van der Waals surface area contributed by atoms with Gasteiger partial charge in [0.1, 0.15) is 25.9 Å². The third-order valence-electron chi connectivity index (χ3n) is 12.6. The first-order chi connectivity index (χ1) is 30.9. The van der Waals surface area contributed by atoms with Crippen molar-refractivity contribution in [2.45, 2.75) is 264 Å². The molecule has 1 rings (SSSR count). The van der Waals surface area contributed by atoms with Crippen molar-refractivity contribution in [2.75, 3.05) is 46.0 Å². The summed E-state index contributed by atoms with van der Waals surface area (Å²) in [4.78, 5) is 53.3. The Kier molecular flexibility index (Phi) is 41.7. The summed E-state index contributed by atoms with van der Waals surface area (Å²) in [6, 6.07) is 0. The lowest BCUT2D eigenvalue weighted by Crippen LogP contribution is -2.36. The van der Waals surface area contributed by atoms with Crippen LogP contribution < -0.4 is 5.32 Å². The summed E-state index contributed by atoms with van der Waals surface area (Å²) in [5, 5.41) is 2.84. The molecule has 370 valence electrons. The minimum Gasteiger partial charge on any atom is -0.465 e. The van der Waals surface area contributed by atoms with Gasteiger partial charge in [0, 0.05) is 32.4 Å². The molecule has 1 N–H and O–H groups in total. The first-order valence-corrected chi connectivity index (χ1v) is 27.0. The summed E-state index contributed by atoms with van der Waals surface area (Å²) in [5.41, 5.74) is 0. The Balaban J connectivity index is 2.46. The minimum atomic E-state index is -0.532. The standard InChI is InChI=1S/C53H100N2O8/c1-4-7-10-13-16-17-18-19-20-21-22-23-24-27-32-38-50(56)60-45-48(47-62-53(59)54-41-44-55-42-33-28-29-34-43-55)46-61-51(57)39-35-40-52(58)63-49(36-30-25-14-11-8-5-2)37-31-26-15-12-9-6-3/h48-49H,4-47H2,1-3H3,(H,54,59). The quantitative estimate of drug-likeness (QED) is 0.0362. The molecule has 0 aliphatic carbocycles. The van der Waals surface area contributed by atoms with Gasteiger partial charge < -0.3 is 29.2 Å². The van der Waals surface area contributed by atoms with Gasteiger partial charge in [-0.25, -0.2) is 4.79 Å². The van der Waals surface area contributed by atoms with Crippen LogP contribution in [0.4, 0.5) is 4.79 Å².